The van der Waals surface area contributed by atoms with E-state index in [4.69, 9.17) is 0 Å². The molecule has 2 heterocycles. The Labute approximate surface area is 105 Å². The lowest BCUT2D eigenvalue weighted by molar-refractivity contribution is 0.452. The second kappa shape index (κ2) is 4.11. The minimum absolute atomic E-state index is 0.166. The second-order valence-electron chi connectivity index (χ2n) is 3.56. The Morgan fingerprint density at radius 3 is 2.89 bits per heavy atom. The van der Waals surface area contributed by atoms with E-state index in [-0.39, 0.29) is 11.8 Å². The summed E-state index contributed by atoms with van der Waals surface area (Å²) in [5.41, 5.74) is 0.443. The number of hydrogen-bond acceptors (Lipinski definition) is 6. The Bertz CT molecular complexity index is 732. The molecule has 0 atom stereocenters. The second-order valence-corrected chi connectivity index (χ2v) is 4.59. The van der Waals surface area contributed by atoms with Gasteiger partial charge in [-0.1, -0.05) is 23.5 Å². The molecule has 2 aromatic heterocycles. The van der Waals surface area contributed by atoms with Gasteiger partial charge in [-0.05, 0) is 12.1 Å². The van der Waals surface area contributed by atoms with Gasteiger partial charge in [0.1, 0.15) is 0 Å². The van der Waals surface area contributed by atoms with Crippen LogP contribution in [-0.2, 0) is 0 Å². The van der Waals surface area contributed by atoms with Crippen LogP contribution in [0.4, 0.5) is 11.1 Å². The molecule has 0 aliphatic rings. The number of aromatic nitrogens is 3. The van der Waals surface area contributed by atoms with Gasteiger partial charge in [-0.15, -0.1) is 0 Å². The van der Waals surface area contributed by atoms with Gasteiger partial charge in [0.25, 0.3) is 5.56 Å². The average molecular weight is 260 g/mol. The minimum Gasteiger partial charge on any atom is -0.493 e. The number of aromatic amines is 1. The first-order chi connectivity index (χ1) is 8.70. The molecule has 0 fully saturated rings. The van der Waals surface area contributed by atoms with Crippen molar-refractivity contribution in [2.24, 2.45) is 0 Å². The lowest BCUT2D eigenvalue weighted by Crippen LogP contribution is -2.08. The summed E-state index contributed by atoms with van der Waals surface area (Å²) in [6.07, 6.45) is 0. The van der Waals surface area contributed by atoms with E-state index in [9.17, 15) is 9.90 Å². The molecule has 0 spiro atoms. The predicted octanol–water partition coefficient (Wildman–Crippen LogP) is 1.83. The van der Waals surface area contributed by atoms with Crippen molar-refractivity contribution in [2.45, 2.75) is 0 Å². The molecule has 1 aromatic carbocycles. The van der Waals surface area contributed by atoms with Gasteiger partial charge in [-0.25, -0.2) is 4.98 Å². The lowest BCUT2D eigenvalue weighted by Gasteiger charge is -2.00. The fourth-order valence-electron chi connectivity index (χ4n) is 1.53. The highest BCUT2D eigenvalue weighted by atomic mass is 32.1. The van der Waals surface area contributed by atoms with E-state index in [0.717, 1.165) is 16.3 Å². The summed E-state index contributed by atoms with van der Waals surface area (Å²) in [6, 6.07) is 8.69. The van der Waals surface area contributed by atoms with Crippen molar-refractivity contribution in [1.82, 2.24) is 15.0 Å². The van der Waals surface area contributed by atoms with Gasteiger partial charge in [0.15, 0.2) is 5.13 Å². The molecule has 18 heavy (non-hydrogen) atoms. The first-order valence-corrected chi connectivity index (χ1v) is 5.95. The highest BCUT2D eigenvalue weighted by Crippen LogP contribution is 2.26. The summed E-state index contributed by atoms with van der Waals surface area (Å²) in [7, 11) is 0. The molecule has 0 aliphatic carbocycles. The van der Waals surface area contributed by atoms with E-state index >= 15 is 0 Å². The number of anilines is 2. The molecular formula is C11H8N4O2S. The van der Waals surface area contributed by atoms with E-state index in [1.54, 1.807) is 0 Å². The molecule has 3 N–H and O–H groups in total. The van der Waals surface area contributed by atoms with E-state index in [1.165, 1.54) is 11.3 Å². The number of para-hydroxylation sites is 1. The number of H-pyrrole nitrogens is 1. The van der Waals surface area contributed by atoms with Crippen LogP contribution in [-0.4, -0.2) is 20.1 Å². The van der Waals surface area contributed by atoms with E-state index in [2.05, 4.69) is 20.3 Å². The Hall–Kier alpha value is -2.41. The number of nitrogens with zero attached hydrogens (tertiary/aromatic N) is 2. The van der Waals surface area contributed by atoms with Crippen LogP contribution in [0.25, 0.3) is 10.2 Å². The zero-order chi connectivity index (χ0) is 12.5. The van der Waals surface area contributed by atoms with Crippen molar-refractivity contribution in [1.29, 1.82) is 0 Å². The predicted molar refractivity (Wildman–Crippen MR) is 69.4 cm³/mol. The molecule has 0 bridgehead atoms. The van der Waals surface area contributed by atoms with Crippen LogP contribution < -0.4 is 10.9 Å². The van der Waals surface area contributed by atoms with E-state index in [0.29, 0.717) is 5.13 Å². The molecule has 0 radical (unpaired) electrons. The summed E-state index contributed by atoms with van der Waals surface area (Å²) in [5, 5.41) is 12.7. The van der Waals surface area contributed by atoms with Crippen LogP contribution in [0.15, 0.2) is 35.1 Å². The number of rotatable bonds is 2. The van der Waals surface area contributed by atoms with Crippen molar-refractivity contribution in [3.63, 3.8) is 0 Å². The molecule has 6 nitrogen and oxygen atoms in total. The van der Waals surface area contributed by atoms with E-state index in [1.807, 2.05) is 24.3 Å². The maximum atomic E-state index is 11.2. The quantitative estimate of drug-likeness (QED) is 0.654. The average Bonchev–Trinajstić information content (AvgIpc) is 2.69. The first-order valence-electron chi connectivity index (χ1n) is 5.14. The standard InChI is InChI=1S/C11H8N4O2S/c16-8-5-9(17)14-10(13-8)15-11-12-6-3-1-2-4-7(6)18-11/h1-5H,(H3,12,13,14,15,16,17). The minimum atomic E-state index is -0.425. The first kappa shape index (κ1) is 10.7. The zero-order valence-corrected chi connectivity index (χ0v) is 9.86. The molecule has 90 valence electrons. The fourth-order valence-corrected chi connectivity index (χ4v) is 2.40. The third-order valence-corrected chi connectivity index (χ3v) is 3.20. The number of hydrogen-bond donors (Lipinski definition) is 3. The molecule has 0 saturated carbocycles. The Morgan fingerprint density at radius 2 is 2.11 bits per heavy atom. The smallest absolute Gasteiger partial charge is 0.256 e. The largest absolute Gasteiger partial charge is 0.493 e. The van der Waals surface area contributed by atoms with Gasteiger partial charge in [-0.2, -0.15) is 4.98 Å². The normalized spacial score (nSPS) is 10.7. The Kier molecular flexibility index (Phi) is 2.45. The monoisotopic (exact) mass is 260 g/mol. The third-order valence-electron chi connectivity index (χ3n) is 2.25. The summed E-state index contributed by atoms with van der Waals surface area (Å²) in [5.74, 6) is -0.165. The van der Waals surface area contributed by atoms with Gasteiger partial charge in [0, 0.05) is 0 Å². The number of aromatic hydroxyl groups is 1. The topological polar surface area (TPSA) is 90.9 Å². The van der Waals surface area contributed by atoms with Crippen molar-refractivity contribution >= 4 is 32.6 Å². The molecule has 0 amide bonds. The molecule has 0 unspecified atom stereocenters. The van der Waals surface area contributed by atoms with E-state index < -0.39 is 5.56 Å². The summed E-state index contributed by atoms with van der Waals surface area (Å²) >= 11 is 1.44. The van der Waals surface area contributed by atoms with Crippen LogP contribution in [0.5, 0.6) is 5.88 Å². The van der Waals surface area contributed by atoms with Gasteiger partial charge in [0.2, 0.25) is 11.8 Å². The number of fused-ring (bicyclic) bond motifs is 1. The number of thiazole rings is 1. The summed E-state index contributed by atoms with van der Waals surface area (Å²) in [4.78, 5) is 21.7. The van der Waals surface area contributed by atoms with Crippen molar-refractivity contribution in [3.8, 4) is 5.88 Å². The molecule has 0 aliphatic heterocycles. The number of benzene rings is 1. The van der Waals surface area contributed by atoms with Crippen molar-refractivity contribution in [2.75, 3.05) is 5.32 Å². The van der Waals surface area contributed by atoms with Crippen molar-refractivity contribution < 1.29 is 5.11 Å². The molecular weight excluding hydrogens is 252 g/mol. The maximum absolute atomic E-state index is 11.2. The lowest BCUT2D eigenvalue weighted by atomic mass is 10.3. The Morgan fingerprint density at radius 1 is 1.28 bits per heavy atom. The summed E-state index contributed by atoms with van der Waals surface area (Å²) < 4.78 is 1.03. The van der Waals surface area contributed by atoms with Crippen LogP contribution in [0.2, 0.25) is 0 Å². The van der Waals surface area contributed by atoms with Gasteiger partial charge >= 0.3 is 0 Å². The molecule has 0 saturated heterocycles. The summed E-state index contributed by atoms with van der Waals surface area (Å²) in [6.45, 7) is 0. The SMILES string of the molecule is O=c1cc(O)nc(Nc2nc3ccccc3s2)[nH]1. The molecule has 3 rings (SSSR count). The Balaban J connectivity index is 1.98. The van der Waals surface area contributed by atoms with Gasteiger partial charge in [-0.3, -0.25) is 9.78 Å². The van der Waals surface area contributed by atoms with Gasteiger partial charge in [0.05, 0.1) is 16.3 Å². The highest BCUT2D eigenvalue weighted by molar-refractivity contribution is 7.22. The van der Waals surface area contributed by atoms with Gasteiger partial charge < -0.3 is 10.4 Å². The van der Waals surface area contributed by atoms with Crippen molar-refractivity contribution in [3.05, 3.63) is 40.7 Å². The van der Waals surface area contributed by atoms with Crippen LogP contribution in [0, 0.1) is 0 Å². The zero-order valence-electron chi connectivity index (χ0n) is 9.04. The third kappa shape index (κ3) is 2.03. The van der Waals surface area contributed by atoms with Crippen LogP contribution in [0.1, 0.15) is 0 Å². The molecule has 3 aromatic rings. The molecule has 7 heteroatoms. The maximum Gasteiger partial charge on any atom is 0.256 e. The number of nitrogens with one attached hydrogen (secondary N) is 2. The van der Waals surface area contributed by atoms with Crippen LogP contribution in [0.3, 0.4) is 0 Å². The highest BCUT2D eigenvalue weighted by Gasteiger charge is 2.05. The fraction of sp³-hybridized carbons (Fsp3) is 0. The van der Waals surface area contributed by atoms with Crippen LogP contribution >= 0.6 is 11.3 Å².